The molecular weight excluding hydrogens is 480 g/mol. The molecule has 170 valence electrons. The van der Waals surface area contributed by atoms with Crippen LogP contribution in [0.25, 0.3) is 10.8 Å². The second-order valence-electron chi connectivity index (χ2n) is 8.04. The number of amides is 1. The Balaban J connectivity index is 1.48. The van der Waals surface area contributed by atoms with Gasteiger partial charge in [-0.15, -0.1) is 0 Å². The highest BCUT2D eigenvalue weighted by Gasteiger charge is 2.28. The molecule has 6 nitrogen and oxygen atoms in total. The zero-order chi connectivity index (χ0) is 24.2. The van der Waals surface area contributed by atoms with Gasteiger partial charge in [-0.2, -0.15) is 12.8 Å². The molecule has 4 aromatic carbocycles. The number of thioether (sulfide) groups is 1. The number of hydrogen-bond donors (Lipinski definition) is 1. The highest BCUT2D eigenvalue weighted by Crippen LogP contribution is 2.42. The number of carbonyl (C=O) groups is 2. The minimum absolute atomic E-state index is 0.0779. The third kappa shape index (κ3) is 3.58. The van der Waals surface area contributed by atoms with Crippen LogP contribution in [0.2, 0.25) is 0 Å². The Bertz CT molecular complexity index is 1740. The van der Waals surface area contributed by atoms with E-state index in [2.05, 4.69) is 9.71 Å². The molecule has 0 unspecified atom stereocenters. The number of Topliss-reactive ketones (excluding diaryl/α,β-unsaturated/α-hetero) is 1. The first-order valence-corrected chi connectivity index (χ1v) is 13.0. The second-order valence-corrected chi connectivity index (χ2v) is 10.7. The van der Waals surface area contributed by atoms with E-state index in [0.717, 1.165) is 21.4 Å². The van der Waals surface area contributed by atoms with Crippen molar-refractivity contribution >= 4 is 55.6 Å². The van der Waals surface area contributed by atoms with E-state index in [1.165, 1.54) is 30.0 Å². The fourth-order valence-corrected chi connectivity index (χ4v) is 6.34. The van der Waals surface area contributed by atoms with Gasteiger partial charge >= 0.3 is 0 Å². The van der Waals surface area contributed by atoms with E-state index in [9.17, 15) is 18.0 Å². The van der Waals surface area contributed by atoms with Crippen LogP contribution in [-0.4, -0.2) is 25.8 Å². The lowest BCUT2D eigenvalue weighted by Crippen LogP contribution is -2.17. The van der Waals surface area contributed by atoms with Crippen LogP contribution in [0.3, 0.4) is 0 Å². The van der Waals surface area contributed by atoms with Gasteiger partial charge in [0.2, 0.25) is 0 Å². The molecule has 1 aliphatic heterocycles. The Hall–Kier alpha value is -4.01. The number of rotatable bonds is 4. The Kier molecular flexibility index (Phi) is 4.94. The molecule has 6 rings (SSSR count). The molecule has 35 heavy (non-hydrogen) atoms. The normalized spacial score (nSPS) is 15.8. The van der Waals surface area contributed by atoms with Crippen LogP contribution >= 0.6 is 11.8 Å². The van der Waals surface area contributed by atoms with E-state index >= 15 is 0 Å². The Morgan fingerprint density at radius 2 is 1.46 bits per heavy atom. The highest BCUT2D eigenvalue weighted by atomic mass is 32.2. The molecule has 4 aromatic rings. The average Bonchev–Trinajstić information content (AvgIpc) is 3.21. The third-order valence-corrected chi connectivity index (χ3v) is 8.32. The number of sulfonamides is 1. The number of carbonyl (C=O) groups excluding carboxylic acids is 2. The van der Waals surface area contributed by atoms with Gasteiger partial charge in [-0.1, -0.05) is 66.4 Å². The molecule has 0 aromatic heterocycles. The van der Waals surface area contributed by atoms with E-state index in [1.807, 2.05) is 24.3 Å². The van der Waals surface area contributed by atoms with E-state index in [-0.39, 0.29) is 22.3 Å². The molecule has 0 saturated carbocycles. The number of ketones is 1. The lowest BCUT2D eigenvalue weighted by atomic mass is 9.94. The topological polar surface area (TPSA) is 92.7 Å². The number of nitrogens with zero attached hydrogens (tertiary/aromatic N) is 1. The predicted molar refractivity (Wildman–Crippen MR) is 137 cm³/mol. The maximum atomic E-state index is 13.4. The summed E-state index contributed by atoms with van der Waals surface area (Å²) in [6.07, 6.45) is 1.53. The minimum atomic E-state index is -3.98. The molecule has 0 radical (unpaired) electrons. The van der Waals surface area contributed by atoms with Gasteiger partial charge in [0.05, 0.1) is 15.5 Å². The van der Waals surface area contributed by atoms with Crippen molar-refractivity contribution in [3.63, 3.8) is 0 Å². The van der Waals surface area contributed by atoms with Crippen LogP contribution in [0.15, 0.2) is 110 Å². The van der Waals surface area contributed by atoms with Gasteiger partial charge in [0, 0.05) is 32.7 Å². The summed E-state index contributed by atoms with van der Waals surface area (Å²) in [4.78, 5) is 26.9. The van der Waals surface area contributed by atoms with Gasteiger partial charge in [0.25, 0.3) is 15.9 Å². The fourth-order valence-electron chi connectivity index (χ4n) is 4.30. The molecule has 1 amide bonds. The molecule has 0 spiro atoms. The Morgan fingerprint density at radius 1 is 0.743 bits per heavy atom. The zero-order valence-corrected chi connectivity index (χ0v) is 19.7. The zero-order valence-electron chi connectivity index (χ0n) is 18.1. The van der Waals surface area contributed by atoms with Crippen LogP contribution < -0.4 is 5.32 Å². The lowest BCUT2D eigenvalue weighted by molar-refractivity contribution is 0.102. The van der Waals surface area contributed by atoms with Gasteiger partial charge in [0.1, 0.15) is 0 Å². The van der Waals surface area contributed by atoms with Gasteiger partial charge < -0.3 is 5.32 Å². The van der Waals surface area contributed by atoms with E-state index in [0.29, 0.717) is 21.6 Å². The fraction of sp³-hybridized carbons (Fsp3) is 0. The van der Waals surface area contributed by atoms with Crippen molar-refractivity contribution in [3.8, 4) is 0 Å². The summed E-state index contributed by atoms with van der Waals surface area (Å²) < 4.78 is 30.1. The standard InChI is InChI=1S/C27H16N2O4S2/c30-26-18-10-5-4-9-17(18)22(29-35(32,33)16-7-2-1-3-8-16)15-24(26)34-23-14-13-21-25-19(23)11-6-12-20(25)27(31)28-21/h1-15H,(H,28,31). The molecule has 1 N–H and O–H groups in total. The number of nitrogens with one attached hydrogen (secondary N) is 1. The maximum Gasteiger partial charge on any atom is 0.282 e. The van der Waals surface area contributed by atoms with Crippen molar-refractivity contribution in [2.24, 2.45) is 4.40 Å². The smallest absolute Gasteiger partial charge is 0.282 e. The first-order valence-electron chi connectivity index (χ1n) is 10.7. The summed E-state index contributed by atoms with van der Waals surface area (Å²) in [5.41, 5.74) is 2.38. The molecule has 8 heteroatoms. The van der Waals surface area contributed by atoms with Crippen molar-refractivity contribution < 1.29 is 18.0 Å². The molecular formula is C27H16N2O4S2. The van der Waals surface area contributed by atoms with Gasteiger partial charge in [-0.05, 0) is 41.8 Å². The van der Waals surface area contributed by atoms with E-state index in [4.69, 9.17) is 0 Å². The highest BCUT2D eigenvalue weighted by molar-refractivity contribution is 8.04. The monoisotopic (exact) mass is 496 g/mol. The quantitative estimate of drug-likeness (QED) is 0.405. The van der Waals surface area contributed by atoms with Crippen molar-refractivity contribution in [1.82, 2.24) is 0 Å². The van der Waals surface area contributed by atoms with E-state index < -0.39 is 10.0 Å². The summed E-state index contributed by atoms with van der Waals surface area (Å²) in [6, 6.07) is 24.0. The molecule has 0 atom stereocenters. The molecule has 0 fully saturated rings. The largest absolute Gasteiger partial charge is 0.321 e. The SMILES string of the molecule is O=C1C(Sc2ccc3c4c(cccc24)C(=O)N3)=CC(=NS(=O)(=O)c2ccccc2)c2ccccc21. The summed E-state index contributed by atoms with van der Waals surface area (Å²) in [5.74, 6) is -0.366. The predicted octanol–water partition coefficient (Wildman–Crippen LogP) is 5.46. The van der Waals surface area contributed by atoms with Crippen molar-refractivity contribution in [1.29, 1.82) is 0 Å². The number of allylic oxidation sites excluding steroid dienone is 2. The van der Waals surface area contributed by atoms with Gasteiger partial charge in [-0.3, -0.25) is 9.59 Å². The van der Waals surface area contributed by atoms with Crippen LogP contribution in [0.4, 0.5) is 5.69 Å². The molecule has 2 aliphatic rings. The Morgan fingerprint density at radius 3 is 2.26 bits per heavy atom. The van der Waals surface area contributed by atoms with Crippen LogP contribution in [0, 0.1) is 0 Å². The second kappa shape index (κ2) is 8.04. The molecule has 0 saturated heterocycles. The summed E-state index contributed by atoms with van der Waals surface area (Å²) in [5, 5.41) is 4.51. The van der Waals surface area contributed by atoms with Crippen LogP contribution in [0.5, 0.6) is 0 Å². The third-order valence-electron chi connectivity index (χ3n) is 5.91. The lowest BCUT2D eigenvalue weighted by Gasteiger charge is -2.18. The van der Waals surface area contributed by atoms with E-state index in [1.54, 1.807) is 48.5 Å². The number of anilines is 1. The number of benzene rings is 4. The maximum absolute atomic E-state index is 13.4. The average molecular weight is 497 g/mol. The Labute approximate surface area is 205 Å². The van der Waals surface area contributed by atoms with Crippen molar-refractivity contribution in [3.05, 3.63) is 113 Å². The summed E-state index contributed by atoms with van der Waals surface area (Å²) >= 11 is 1.23. The number of fused-ring (bicyclic) bond motifs is 1. The molecule has 1 heterocycles. The molecule has 1 aliphatic carbocycles. The van der Waals surface area contributed by atoms with Gasteiger partial charge in [-0.25, -0.2) is 0 Å². The molecule has 0 bridgehead atoms. The number of hydrogen-bond acceptors (Lipinski definition) is 5. The van der Waals surface area contributed by atoms with Crippen molar-refractivity contribution in [2.75, 3.05) is 5.32 Å². The van der Waals surface area contributed by atoms with Crippen LogP contribution in [-0.2, 0) is 10.0 Å². The summed E-state index contributed by atoms with van der Waals surface area (Å²) in [7, 11) is -3.98. The van der Waals surface area contributed by atoms with Crippen molar-refractivity contribution in [2.45, 2.75) is 9.79 Å². The first-order chi connectivity index (χ1) is 16.9. The minimum Gasteiger partial charge on any atom is -0.321 e. The van der Waals surface area contributed by atoms with Crippen LogP contribution in [0.1, 0.15) is 26.3 Å². The summed E-state index contributed by atoms with van der Waals surface area (Å²) in [6.45, 7) is 0. The first kappa shape index (κ1) is 21.5. The van der Waals surface area contributed by atoms with Gasteiger partial charge in [0.15, 0.2) is 5.78 Å².